The number of carboxylic acids is 1. The van der Waals surface area contributed by atoms with Gasteiger partial charge in [-0.05, 0) is 88.6 Å². The van der Waals surface area contributed by atoms with Crippen molar-refractivity contribution in [1.82, 2.24) is 5.32 Å². The molecule has 0 saturated heterocycles. The van der Waals surface area contributed by atoms with Gasteiger partial charge in [-0.25, -0.2) is 4.79 Å². The van der Waals surface area contributed by atoms with Gasteiger partial charge in [-0.3, -0.25) is 14.4 Å². The van der Waals surface area contributed by atoms with Crippen LogP contribution in [0.5, 0.6) is 0 Å². The number of benzene rings is 4. The number of carbonyl (C=O) groups is 4. The van der Waals surface area contributed by atoms with Gasteiger partial charge in [-0.1, -0.05) is 60.1 Å². The van der Waals surface area contributed by atoms with Gasteiger partial charge >= 0.3 is 5.97 Å². The van der Waals surface area contributed by atoms with Crippen molar-refractivity contribution < 1.29 is 24.3 Å². The first-order chi connectivity index (χ1) is 22.3. The van der Waals surface area contributed by atoms with Crippen molar-refractivity contribution in [2.75, 3.05) is 10.6 Å². The zero-order chi connectivity index (χ0) is 32.5. The van der Waals surface area contributed by atoms with Crippen LogP contribution in [0.15, 0.2) is 131 Å². The van der Waals surface area contributed by atoms with Crippen LogP contribution in [-0.2, 0) is 9.59 Å². The van der Waals surface area contributed by atoms with Crippen LogP contribution < -0.4 is 16.0 Å². The number of carboxylic acid groups (broad SMARTS) is 1. The third-order valence-corrected chi connectivity index (χ3v) is 8.86. The van der Waals surface area contributed by atoms with E-state index in [9.17, 15) is 24.3 Å². The Kier molecular flexibility index (Phi) is 10.7. The van der Waals surface area contributed by atoms with Crippen molar-refractivity contribution >= 4 is 75.8 Å². The minimum absolute atomic E-state index is 0.00537. The van der Waals surface area contributed by atoms with E-state index in [1.165, 1.54) is 41.3 Å². The molecule has 11 heteroatoms. The van der Waals surface area contributed by atoms with Gasteiger partial charge in [-0.2, -0.15) is 11.3 Å². The van der Waals surface area contributed by atoms with Gasteiger partial charge in [0.15, 0.2) is 0 Å². The Bertz CT molecular complexity index is 1880. The first kappa shape index (κ1) is 32.2. The Morgan fingerprint density at radius 3 is 2.15 bits per heavy atom. The third kappa shape index (κ3) is 8.51. The monoisotopic (exact) mass is 667 g/mol. The van der Waals surface area contributed by atoms with Crippen LogP contribution >= 0.6 is 34.7 Å². The normalized spacial score (nSPS) is 11.7. The molecule has 0 aliphatic heterocycles. The fraction of sp³-hybridized carbons (Fsp3) is 0.0286. The van der Waals surface area contributed by atoms with Gasteiger partial charge in [0.25, 0.3) is 11.8 Å². The van der Waals surface area contributed by atoms with E-state index in [1.807, 2.05) is 47.2 Å². The maximum absolute atomic E-state index is 13.5. The summed E-state index contributed by atoms with van der Waals surface area (Å²) in [7, 11) is 0. The van der Waals surface area contributed by atoms with Crippen LogP contribution in [0, 0.1) is 0 Å². The lowest BCUT2D eigenvalue weighted by Crippen LogP contribution is -2.30. The summed E-state index contributed by atoms with van der Waals surface area (Å²) >= 11 is 9.01. The quantitative estimate of drug-likeness (QED) is 0.0836. The predicted octanol–water partition coefficient (Wildman–Crippen LogP) is 7.98. The highest BCUT2D eigenvalue weighted by Crippen LogP contribution is 2.37. The molecule has 0 bridgehead atoms. The van der Waals surface area contributed by atoms with Crippen molar-refractivity contribution in [1.29, 1.82) is 0 Å². The first-order valence-electron chi connectivity index (χ1n) is 13.8. The zero-order valence-corrected chi connectivity index (χ0v) is 26.4. The molecule has 1 aromatic heterocycles. The summed E-state index contributed by atoms with van der Waals surface area (Å²) in [6, 6.07) is 30.7. The fourth-order valence-electron chi connectivity index (χ4n) is 4.27. The number of halogens is 1. The van der Waals surface area contributed by atoms with Gasteiger partial charge in [-0.15, -0.1) is 11.8 Å². The molecular weight excluding hydrogens is 642 g/mol. The van der Waals surface area contributed by atoms with Gasteiger partial charge in [0, 0.05) is 16.1 Å². The lowest BCUT2D eigenvalue weighted by atomic mass is 10.1. The predicted molar refractivity (Wildman–Crippen MR) is 183 cm³/mol. The number of thioether (sulfide) groups is 1. The molecule has 3 amide bonds. The lowest BCUT2D eigenvalue weighted by Gasteiger charge is -2.18. The standard InChI is InChI=1S/C35H26ClN3O5S2/c36-28-16-11-25(35(43)44)20-29(28)38-34(42)31(23-7-3-1-4-8-23)46-27-14-12-26(13-15-27)37-33(41)30(19-22-17-18-45-21-22)39-32(40)24-9-5-2-6-10-24/h1-21,31H,(H,37,41)(H,38,42)(H,39,40)(H,43,44)/b30-19-. The van der Waals surface area contributed by atoms with Crippen LogP contribution in [0.2, 0.25) is 5.02 Å². The highest BCUT2D eigenvalue weighted by Gasteiger charge is 2.24. The molecule has 5 aromatic rings. The molecule has 46 heavy (non-hydrogen) atoms. The SMILES string of the molecule is O=C(Nc1ccc(SC(C(=O)Nc2cc(C(=O)O)ccc2Cl)c2ccccc2)cc1)/C(=C/c1ccsc1)NC(=O)c1ccccc1. The van der Waals surface area contributed by atoms with Crippen molar-refractivity contribution in [3.63, 3.8) is 0 Å². The molecule has 0 aliphatic carbocycles. The van der Waals surface area contributed by atoms with E-state index in [2.05, 4.69) is 16.0 Å². The van der Waals surface area contributed by atoms with E-state index in [0.29, 0.717) is 11.3 Å². The fourth-order valence-corrected chi connectivity index (χ4v) is 6.08. The third-order valence-electron chi connectivity index (χ3n) is 6.56. The summed E-state index contributed by atoms with van der Waals surface area (Å²) in [4.78, 5) is 51.9. The van der Waals surface area contributed by atoms with Crippen LogP contribution in [0.25, 0.3) is 6.08 Å². The summed E-state index contributed by atoms with van der Waals surface area (Å²) in [6.07, 6.45) is 1.61. The van der Waals surface area contributed by atoms with Gasteiger partial charge in [0.1, 0.15) is 10.9 Å². The lowest BCUT2D eigenvalue weighted by molar-refractivity contribution is -0.116. The van der Waals surface area contributed by atoms with E-state index in [4.69, 9.17) is 11.6 Å². The molecule has 0 spiro atoms. The molecule has 0 radical (unpaired) electrons. The average molecular weight is 668 g/mol. The number of aromatic carboxylic acids is 1. The van der Waals surface area contributed by atoms with Crippen molar-refractivity contribution in [2.45, 2.75) is 10.1 Å². The molecule has 8 nitrogen and oxygen atoms in total. The maximum atomic E-state index is 13.5. The Labute approximate surface area is 278 Å². The number of anilines is 2. The van der Waals surface area contributed by atoms with Crippen molar-refractivity contribution in [2.24, 2.45) is 0 Å². The largest absolute Gasteiger partial charge is 0.478 e. The number of thiophene rings is 1. The van der Waals surface area contributed by atoms with Crippen molar-refractivity contribution in [3.05, 3.63) is 153 Å². The van der Waals surface area contributed by atoms with E-state index in [-0.39, 0.29) is 22.0 Å². The number of hydrogen-bond acceptors (Lipinski definition) is 6. The number of amides is 3. The Morgan fingerprint density at radius 2 is 1.50 bits per heavy atom. The van der Waals surface area contributed by atoms with Crippen LogP contribution in [0.1, 0.15) is 37.1 Å². The number of carbonyl (C=O) groups excluding carboxylic acids is 3. The molecule has 1 atom stereocenters. The second kappa shape index (κ2) is 15.2. The zero-order valence-electron chi connectivity index (χ0n) is 24.0. The minimum atomic E-state index is -1.14. The molecule has 5 rings (SSSR count). The number of hydrogen-bond donors (Lipinski definition) is 4. The molecule has 1 unspecified atom stereocenters. The molecule has 4 aromatic carbocycles. The highest BCUT2D eigenvalue weighted by atomic mass is 35.5. The molecule has 4 N–H and O–H groups in total. The molecule has 0 fully saturated rings. The van der Waals surface area contributed by atoms with E-state index >= 15 is 0 Å². The molecule has 0 saturated carbocycles. The Morgan fingerprint density at radius 1 is 0.804 bits per heavy atom. The topological polar surface area (TPSA) is 125 Å². The molecule has 230 valence electrons. The summed E-state index contributed by atoms with van der Waals surface area (Å²) in [6.45, 7) is 0. The second-order valence-corrected chi connectivity index (χ2v) is 12.2. The van der Waals surface area contributed by atoms with Crippen LogP contribution in [0.3, 0.4) is 0 Å². The van der Waals surface area contributed by atoms with E-state index in [0.717, 1.165) is 16.0 Å². The van der Waals surface area contributed by atoms with Gasteiger partial charge < -0.3 is 21.1 Å². The molecular formula is C35H26ClN3O5S2. The minimum Gasteiger partial charge on any atom is -0.478 e. The van der Waals surface area contributed by atoms with E-state index in [1.54, 1.807) is 60.7 Å². The smallest absolute Gasteiger partial charge is 0.335 e. The van der Waals surface area contributed by atoms with Crippen LogP contribution in [-0.4, -0.2) is 28.8 Å². The summed E-state index contributed by atoms with van der Waals surface area (Å²) < 4.78 is 0. The van der Waals surface area contributed by atoms with Gasteiger partial charge in [0.05, 0.1) is 16.3 Å². The van der Waals surface area contributed by atoms with Crippen molar-refractivity contribution in [3.8, 4) is 0 Å². The maximum Gasteiger partial charge on any atom is 0.335 e. The summed E-state index contributed by atoms with van der Waals surface area (Å²) in [5, 5.41) is 20.9. The average Bonchev–Trinajstić information content (AvgIpc) is 3.59. The number of nitrogens with one attached hydrogen (secondary N) is 3. The molecule has 0 aliphatic rings. The second-order valence-electron chi connectivity index (χ2n) is 9.81. The van der Waals surface area contributed by atoms with Crippen LogP contribution in [0.4, 0.5) is 11.4 Å². The Balaban J connectivity index is 1.32. The number of rotatable bonds is 11. The molecule has 1 heterocycles. The first-order valence-corrected chi connectivity index (χ1v) is 16.0. The highest BCUT2D eigenvalue weighted by molar-refractivity contribution is 8.00. The van der Waals surface area contributed by atoms with E-state index < -0.39 is 28.9 Å². The Hall–Kier alpha value is -5.16. The summed E-state index contributed by atoms with van der Waals surface area (Å²) in [5.41, 5.74) is 2.67. The summed E-state index contributed by atoms with van der Waals surface area (Å²) in [5.74, 6) is -2.44. The van der Waals surface area contributed by atoms with Gasteiger partial charge in [0.2, 0.25) is 5.91 Å².